The number of hydrogen-bond acceptors (Lipinski definition) is 7. The molecule has 0 radical (unpaired) electrons. The Morgan fingerprint density at radius 3 is 1.25 bits per heavy atom. The van der Waals surface area contributed by atoms with E-state index in [1.165, 1.54) is 154 Å². The standard InChI is InChI=1S/C60H107NO8/c1-6-8-10-12-14-16-18-20-22-24-25-26-27-28-29-30-31-32-33-35-37-39-41-43-45-47-49-51-58(63)69-56(55-68-60(59(64)65)66-53-52-61(3,4)5)54-67-57(62)50-48-46-44-42-40-38-36-34-23-21-19-17-15-13-11-9-7-2/h8,10,14,16,20-23,25-26,56,60H,6-7,9,11-13,15,17-19,24,27-55H2,1-5H3/p+1/b10-8-,16-14-,22-20-,23-21-,26-25-. The highest BCUT2D eigenvalue weighted by Crippen LogP contribution is 2.16. The van der Waals surface area contributed by atoms with Gasteiger partial charge in [0.15, 0.2) is 6.10 Å². The molecule has 0 aromatic heterocycles. The van der Waals surface area contributed by atoms with Crippen LogP contribution in [0.2, 0.25) is 0 Å². The molecular formula is C60H108NO8+. The molecule has 0 aromatic rings. The van der Waals surface area contributed by atoms with E-state index >= 15 is 0 Å². The zero-order valence-electron chi connectivity index (χ0n) is 45.5. The third kappa shape index (κ3) is 52.6. The number of carbonyl (C=O) groups excluding carboxylic acids is 2. The van der Waals surface area contributed by atoms with Gasteiger partial charge in [0.2, 0.25) is 0 Å². The maximum atomic E-state index is 12.9. The molecule has 0 aliphatic heterocycles. The molecule has 0 aliphatic rings. The zero-order chi connectivity index (χ0) is 50.6. The Labute approximate surface area is 425 Å². The van der Waals surface area contributed by atoms with Crippen LogP contribution in [0.25, 0.3) is 0 Å². The summed E-state index contributed by atoms with van der Waals surface area (Å²) in [5.41, 5.74) is 0. The summed E-state index contributed by atoms with van der Waals surface area (Å²) in [4.78, 5) is 37.4. The van der Waals surface area contributed by atoms with Gasteiger partial charge in [-0.05, 0) is 77.0 Å². The molecule has 2 unspecified atom stereocenters. The lowest BCUT2D eigenvalue weighted by molar-refractivity contribution is -0.870. The van der Waals surface area contributed by atoms with E-state index in [4.69, 9.17) is 18.9 Å². The van der Waals surface area contributed by atoms with Crippen LogP contribution in [0.15, 0.2) is 60.8 Å². The van der Waals surface area contributed by atoms with Gasteiger partial charge in [0, 0.05) is 12.8 Å². The van der Waals surface area contributed by atoms with Gasteiger partial charge >= 0.3 is 17.9 Å². The van der Waals surface area contributed by atoms with Gasteiger partial charge in [-0.25, -0.2) is 4.79 Å². The normalized spacial score (nSPS) is 13.2. The quantitative estimate of drug-likeness (QED) is 0.0211. The van der Waals surface area contributed by atoms with E-state index in [0.717, 1.165) is 64.2 Å². The molecule has 0 heterocycles. The van der Waals surface area contributed by atoms with Gasteiger partial charge in [-0.15, -0.1) is 0 Å². The molecule has 0 saturated carbocycles. The fraction of sp³-hybridized carbons (Fsp3) is 0.783. The van der Waals surface area contributed by atoms with Crippen molar-refractivity contribution >= 4 is 17.9 Å². The molecule has 2 atom stereocenters. The number of quaternary nitrogens is 1. The zero-order valence-corrected chi connectivity index (χ0v) is 45.5. The van der Waals surface area contributed by atoms with Crippen LogP contribution in [0.3, 0.4) is 0 Å². The molecule has 1 N–H and O–H groups in total. The Hall–Kier alpha value is -3.01. The first-order valence-corrected chi connectivity index (χ1v) is 28.5. The van der Waals surface area contributed by atoms with Crippen LogP contribution in [0.5, 0.6) is 0 Å². The molecule has 0 aliphatic carbocycles. The Balaban J connectivity index is 4.22. The topological polar surface area (TPSA) is 108 Å². The molecule has 400 valence electrons. The van der Waals surface area contributed by atoms with E-state index < -0.39 is 24.3 Å². The number of unbranched alkanes of at least 4 members (excludes halogenated alkanes) is 27. The summed E-state index contributed by atoms with van der Waals surface area (Å²) in [5.74, 6) is -2.00. The SMILES string of the molecule is CC/C=C\C/C=C\C/C=C\C/C=C\CCCCCCCCCCCCCCCCC(=O)OC(COC(=O)CCCCCCCCC/C=C\CCCCCCCC)COC(OCC[N+](C)(C)C)C(=O)O. The van der Waals surface area contributed by atoms with Crippen molar-refractivity contribution in [3.8, 4) is 0 Å². The molecular weight excluding hydrogens is 863 g/mol. The Kier molecular flexibility index (Phi) is 49.1. The first-order chi connectivity index (χ1) is 33.6. The van der Waals surface area contributed by atoms with Crippen molar-refractivity contribution in [1.29, 1.82) is 0 Å². The molecule has 0 bridgehead atoms. The van der Waals surface area contributed by atoms with Crippen LogP contribution < -0.4 is 0 Å². The lowest BCUT2D eigenvalue weighted by Crippen LogP contribution is -2.40. The molecule has 0 spiro atoms. The first-order valence-electron chi connectivity index (χ1n) is 28.5. The molecule has 69 heavy (non-hydrogen) atoms. The van der Waals surface area contributed by atoms with Crippen molar-refractivity contribution in [1.82, 2.24) is 0 Å². The number of aliphatic carboxylic acids is 1. The summed E-state index contributed by atoms with van der Waals surface area (Å²) in [7, 11) is 5.97. The Morgan fingerprint density at radius 2 is 0.826 bits per heavy atom. The van der Waals surface area contributed by atoms with Crippen LogP contribution in [-0.2, 0) is 33.3 Å². The molecule has 9 heteroatoms. The van der Waals surface area contributed by atoms with Gasteiger partial charge in [0.05, 0.1) is 34.4 Å². The second kappa shape index (κ2) is 51.3. The maximum Gasteiger partial charge on any atom is 0.361 e. The lowest BCUT2D eigenvalue weighted by Gasteiger charge is -2.25. The number of likely N-dealkylation sites (N-methyl/N-ethyl adjacent to an activating group) is 1. The van der Waals surface area contributed by atoms with Crippen molar-refractivity contribution in [2.75, 3.05) is 47.5 Å². The van der Waals surface area contributed by atoms with Crippen molar-refractivity contribution in [2.24, 2.45) is 0 Å². The monoisotopic (exact) mass is 971 g/mol. The summed E-state index contributed by atoms with van der Waals surface area (Å²) in [6, 6.07) is 0. The van der Waals surface area contributed by atoms with Crippen molar-refractivity contribution in [3.05, 3.63) is 60.8 Å². The highest BCUT2D eigenvalue weighted by molar-refractivity contribution is 5.71. The third-order valence-corrected chi connectivity index (χ3v) is 12.3. The summed E-state index contributed by atoms with van der Waals surface area (Å²) in [6.45, 7) is 4.77. The summed E-state index contributed by atoms with van der Waals surface area (Å²) >= 11 is 0. The molecule has 9 nitrogen and oxygen atoms in total. The van der Waals surface area contributed by atoms with Crippen molar-refractivity contribution in [2.45, 2.75) is 257 Å². The number of ether oxygens (including phenoxy) is 4. The number of rotatable bonds is 52. The molecule has 0 rings (SSSR count). The number of nitrogens with zero attached hydrogens (tertiary/aromatic N) is 1. The number of carboxylic acids is 1. The van der Waals surface area contributed by atoms with Gasteiger partial charge in [0.25, 0.3) is 6.29 Å². The van der Waals surface area contributed by atoms with Crippen LogP contribution in [0, 0.1) is 0 Å². The predicted octanol–water partition coefficient (Wildman–Crippen LogP) is 16.5. The Bertz CT molecular complexity index is 1310. The van der Waals surface area contributed by atoms with E-state index in [1.807, 2.05) is 21.1 Å². The van der Waals surface area contributed by atoms with E-state index in [9.17, 15) is 19.5 Å². The fourth-order valence-corrected chi connectivity index (χ4v) is 7.88. The van der Waals surface area contributed by atoms with E-state index in [2.05, 4.69) is 74.6 Å². The van der Waals surface area contributed by atoms with Crippen molar-refractivity contribution in [3.63, 3.8) is 0 Å². The predicted molar refractivity (Wildman–Crippen MR) is 290 cm³/mol. The molecule has 0 saturated heterocycles. The number of carbonyl (C=O) groups is 3. The summed E-state index contributed by atoms with van der Waals surface area (Å²) < 4.78 is 22.9. The first kappa shape index (κ1) is 66.0. The number of hydrogen-bond donors (Lipinski definition) is 1. The average Bonchev–Trinajstić information content (AvgIpc) is 3.31. The van der Waals surface area contributed by atoms with E-state index in [-0.39, 0.29) is 32.2 Å². The number of allylic oxidation sites excluding steroid dienone is 10. The molecule has 0 amide bonds. The minimum absolute atomic E-state index is 0.184. The lowest BCUT2D eigenvalue weighted by atomic mass is 10.0. The summed E-state index contributed by atoms with van der Waals surface area (Å²) in [5, 5.41) is 9.69. The molecule has 0 aromatic carbocycles. The van der Waals surface area contributed by atoms with Gasteiger partial charge in [-0.2, -0.15) is 0 Å². The maximum absolute atomic E-state index is 12.9. The van der Waals surface area contributed by atoms with Crippen LogP contribution in [-0.4, -0.2) is 87.4 Å². The van der Waals surface area contributed by atoms with Crippen molar-refractivity contribution < 1.29 is 42.9 Å². The van der Waals surface area contributed by atoms with E-state index in [1.54, 1.807) is 0 Å². The average molecular weight is 972 g/mol. The number of esters is 2. The van der Waals surface area contributed by atoms with Gasteiger partial charge < -0.3 is 28.5 Å². The van der Waals surface area contributed by atoms with Gasteiger partial charge in [-0.1, -0.05) is 216 Å². The van der Waals surface area contributed by atoms with E-state index in [0.29, 0.717) is 17.4 Å². The van der Waals surface area contributed by atoms with Gasteiger partial charge in [0.1, 0.15) is 13.2 Å². The van der Waals surface area contributed by atoms with Gasteiger partial charge in [-0.3, -0.25) is 9.59 Å². The number of carboxylic acid groups (broad SMARTS) is 1. The largest absolute Gasteiger partial charge is 0.477 e. The highest BCUT2D eigenvalue weighted by Gasteiger charge is 2.25. The molecule has 0 fully saturated rings. The smallest absolute Gasteiger partial charge is 0.361 e. The summed E-state index contributed by atoms with van der Waals surface area (Å²) in [6.07, 6.45) is 61.5. The highest BCUT2D eigenvalue weighted by atomic mass is 16.7. The third-order valence-electron chi connectivity index (χ3n) is 12.3. The second-order valence-electron chi connectivity index (χ2n) is 20.2. The van der Waals surface area contributed by atoms with Crippen LogP contribution in [0.1, 0.15) is 245 Å². The Morgan fingerprint density at radius 1 is 0.449 bits per heavy atom. The second-order valence-corrected chi connectivity index (χ2v) is 20.2. The van der Waals surface area contributed by atoms with Crippen LogP contribution >= 0.6 is 0 Å². The van der Waals surface area contributed by atoms with Crippen LogP contribution in [0.4, 0.5) is 0 Å². The fourth-order valence-electron chi connectivity index (χ4n) is 7.88. The minimum Gasteiger partial charge on any atom is -0.477 e. The minimum atomic E-state index is -1.51.